The number of anilines is 1. The van der Waals surface area contributed by atoms with Gasteiger partial charge in [-0.05, 0) is 35.4 Å². The summed E-state index contributed by atoms with van der Waals surface area (Å²) < 4.78 is 45.8. The number of carbonyl (C=O) groups excluding carboxylic acids is 1. The zero-order chi connectivity index (χ0) is 25.3. The van der Waals surface area contributed by atoms with Crippen LogP contribution in [0.2, 0.25) is 0 Å². The molecule has 0 atom stereocenters. The van der Waals surface area contributed by atoms with Crippen LogP contribution in [0.5, 0.6) is 5.75 Å². The molecule has 8 heteroatoms. The zero-order valence-corrected chi connectivity index (χ0v) is 19.1. The van der Waals surface area contributed by atoms with Gasteiger partial charge in [0.05, 0.1) is 11.8 Å². The second kappa shape index (κ2) is 9.30. The number of hydrogen-bond acceptors (Lipinski definition) is 5. The van der Waals surface area contributed by atoms with Crippen molar-refractivity contribution in [2.24, 2.45) is 0 Å². The van der Waals surface area contributed by atoms with Crippen LogP contribution in [0, 0.1) is 0 Å². The number of aromatic nitrogens is 2. The van der Waals surface area contributed by atoms with E-state index in [0.29, 0.717) is 23.2 Å². The zero-order valence-electron chi connectivity index (χ0n) is 19.1. The first-order valence-corrected chi connectivity index (χ1v) is 11.2. The molecule has 180 valence electrons. The van der Waals surface area contributed by atoms with E-state index in [4.69, 9.17) is 4.74 Å². The summed E-state index contributed by atoms with van der Waals surface area (Å²) in [5.74, 6) is 0.0964. The van der Waals surface area contributed by atoms with Gasteiger partial charge in [0.1, 0.15) is 11.3 Å². The molecule has 0 saturated heterocycles. The van der Waals surface area contributed by atoms with E-state index >= 15 is 0 Å². The van der Waals surface area contributed by atoms with Crippen LogP contribution in [-0.4, -0.2) is 16.2 Å². The van der Waals surface area contributed by atoms with E-state index in [-0.39, 0.29) is 5.52 Å². The Morgan fingerprint density at radius 1 is 0.917 bits per heavy atom. The first kappa shape index (κ1) is 23.3. The lowest BCUT2D eigenvalue weighted by molar-refractivity contribution is -0.136. The van der Waals surface area contributed by atoms with E-state index in [9.17, 15) is 18.0 Å². The van der Waals surface area contributed by atoms with Gasteiger partial charge in [-0.1, -0.05) is 54.6 Å². The number of esters is 1. The fourth-order valence-corrected chi connectivity index (χ4v) is 4.27. The summed E-state index contributed by atoms with van der Waals surface area (Å²) in [5, 5.41) is 13.1. The van der Waals surface area contributed by atoms with E-state index in [1.54, 1.807) is 12.1 Å². The van der Waals surface area contributed by atoms with Gasteiger partial charge in [-0.2, -0.15) is 18.3 Å². The van der Waals surface area contributed by atoms with Gasteiger partial charge in [0, 0.05) is 40.9 Å². The van der Waals surface area contributed by atoms with Crippen molar-refractivity contribution < 1.29 is 22.7 Å². The molecule has 0 amide bonds. The molecule has 36 heavy (non-hydrogen) atoms. The Morgan fingerprint density at radius 2 is 1.64 bits per heavy atom. The molecule has 1 heterocycles. The van der Waals surface area contributed by atoms with Crippen LogP contribution in [-0.2, 0) is 17.5 Å². The van der Waals surface area contributed by atoms with Crippen molar-refractivity contribution in [1.29, 1.82) is 0 Å². The average Bonchev–Trinajstić information content (AvgIpc) is 2.86. The smallest absolute Gasteiger partial charge is 0.418 e. The van der Waals surface area contributed by atoms with Gasteiger partial charge in [0.15, 0.2) is 0 Å². The maximum Gasteiger partial charge on any atom is 0.418 e. The monoisotopic (exact) mass is 487 g/mol. The van der Waals surface area contributed by atoms with E-state index in [1.165, 1.54) is 19.2 Å². The molecule has 4 aromatic carbocycles. The molecule has 0 unspecified atom stereocenters. The number of fused-ring (bicyclic) bond motifs is 2. The fourth-order valence-electron chi connectivity index (χ4n) is 4.27. The number of alkyl halides is 3. The van der Waals surface area contributed by atoms with E-state index in [2.05, 4.69) is 15.5 Å². The Hall–Kier alpha value is -4.46. The first-order chi connectivity index (χ1) is 17.3. The van der Waals surface area contributed by atoms with Crippen molar-refractivity contribution in [2.75, 3.05) is 5.32 Å². The predicted octanol–water partition coefficient (Wildman–Crippen LogP) is 7.01. The molecule has 0 radical (unpaired) electrons. The van der Waals surface area contributed by atoms with E-state index < -0.39 is 17.7 Å². The minimum Gasteiger partial charge on any atom is -0.426 e. The maximum atomic E-state index is 13.5. The molecule has 0 fully saturated rings. The van der Waals surface area contributed by atoms with Crippen LogP contribution in [0.15, 0.2) is 85.1 Å². The number of nitrogens with zero attached hydrogens (tertiary/aromatic N) is 2. The number of nitrogens with one attached hydrogen (secondary N) is 1. The molecule has 5 rings (SSSR count). The maximum absolute atomic E-state index is 13.5. The van der Waals surface area contributed by atoms with Crippen molar-refractivity contribution >= 4 is 33.3 Å². The summed E-state index contributed by atoms with van der Waals surface area (Å²) in [7, 11) is 0. The highest BCUT2D eigenvalue weighted by Crippen LogP contribution is 2.37. The summed E-state index contributed by atoms with van der Waals surface area (Å²) in [6, 6.07) is 22.8. The van der Waals surface area contributed by atoms with Gasteiger partial charge in [0.25, 0.3) is 0 Å². The molecule has 1 N–H and O–H groups in total. The topological polar surface area (TPSA) is 64.1 Å². The summed E-state index contributed by atoms with van der Waals surface area (Å²) in [6.45, 7) is 1.83. The molecular formula is C28H20F3N3O2. The Kier molecular flexibility index (Phi) is 6.01. The second-order valence-electron chi connectivity index (χ2n) is 8.26. The SMILES string of the molecule is CC(=O)Oc1cccc2c(NCc3cccc(-c4cnnc5c(C(F)(F)F)cccc45)c3)cccc12. The number of benzene rings is 4. The highest BCUT2D eigenvalue weighted by Gasteiger charge is 2.33. The highest BCUT2D eigenvalue weighted by molar-refractivity contribution is 5.99. The molecule has 0 aliphatic carbocycles. The van der Waals surface area contributed by atoms with Crippen molar-refractivity contribution in [2.45, 2.75) is 19.6 Å². The number of ether oxygens (including phenoxy) is 1. The third-order valence-corrected chi connectivity index (χ3v) is 5.83. The third kappa shape index (κ3) is 4.57. The number of hydrogen-bond donors (Lipinski definition) is 1. The minimum atomic E-state index is -4.52. The van der Waals surface area contributed by atoms with Crippen LogP contribution in [0.1, 0.15) is 18.1 Å². The molecular weight excluding hydrogens is 467 g/mol. The largest absolute Gasteiger partial charge is 0.426 e. The normalized spacial score (nSPS) is 11.6. The van der Waals surface area contributed by atoms with Crippen molar-refractivity contribution in [3.63, 3.8) is 0 Å². The molecule has 1 aromatic heterocycles. The predicted molar refractivity (Wildman–Crippen MR) is 133 cm³/mol. The molecule has 0 bridgehead atoms. The van der Waals surface area contributed by atoms with Crippen molar-refractivity contribution in [3.05, 3.63) is 96.2 Å². The summed E-state index contributed by atoms with van der Waals surface area (Å²) >= 11 is 0. The summed E-state index contributed by atoms with van der Waals surface area (Å²) in [6.07, 6.45) is -3.04. The lowest BCUT2D eigenvalue weighted by Gasteiger charge is -2.14. The molecule has 0 saturated carbocycles. The van der Waals surface area contributed by atoms with Crippen LogP contribution < -0.4 is 10.1 Å². The third-order valence-electron chi connectivity index (χ3n) is 5.83. The Morgan fingerprint density at radius 3 is 2.44 bits per heavy atom. The van der Waals surface area contributed by atoms with E-state index in [0.717, 1.165) is 33.7 Å². The van der Waals surface area contributed by atoms with Gasteiger partial charge in [-0.3, -0.25) is 4.79 Å². The lowest BCUT2D eigenvalue weighted by atomic mass is 9.99. The van der Waals surface area contributed by atoms with E-state index in [1.807, 2.05) is 54.6 Å². The van der Waals surface area contributed by atoms with Crippen LogP contribution in [0.25, 0.3) is 32.8 Å². The Balaban J connectivity index is 1.46. The van der Waals surface area contributed by atoms with Crippen LogP contribution in [0.3, 0.4) is 0 Å². The molecule has 5 nitrogen and oxygen atoms in total. The highest BCUT2D eigenvalue weighted by atomic mass is 19.4. The molecule has 0 aliphatic heterocycles. The minimum absolute atomic E-state index is 0.176. The second-order valence-corrected chi connectivity index (χ2v) is 8.26. The quantitative estimate of drug-likeness (QED) is 0.213. The average molecular weight is 487 g/mol. The number of halogens is 3. The fraction of sp³-hybridized carbons (Fsp3) is 0.107. The Labute approximate surface area is 204 Å². The van der Waals surface area contributed by atoms with Crippen molar-refractivity contribution in [1.82, 2.24) is 10.2 Å². The van der Waals surface area contributed by atoms with Gasteiger partial charge >= 0.3 is 12.1 Å². The first-order valence-electron chi connectivity index (χ1n) is 11.2. The summed E-state index contributed by atoms with van der Waals surface area (Å²) in [5.41, 5.74) is 2.12. The van der Waals surface area contributed by atoms with Crippen LogP contribution >= 0.6 is 0 Å². The number of carbonyl (C=O) groups is 1. The van der Waals surface area contributed by atoms with Crippen LogP contribution in [0.4, 0.5) is 18.9 Å². The molecule has 0 spiro atoms. The van der Waals surface area contributed by atoms with Gasteiger partial charge < -0.3 is 10.1 Å². The lowest BCUT2D eigenvalue weighted by Crippen LogP contribution is -2.07. The van der Waals surface area contributed by atoms with Gasteiger partial charge in [-0.25, -0.2) is 0 Å². The van der Waals surface area contributed by atoms with Crippen molar-refractivity contribution in [3.8, 4) is 16.9 Å². The molecule has 0 aliphatic rings. The Bertz CT molecular complexity index is 1600. The molecule has 5 aromatic rings. The standard InChI is InChI=1S/C28H20F3N3O2/c1-17(35)36-26-13-5-8-20-21(26)9-4-12-25(20)32-15-18-6-2-7-19(14-18)23-16-33-34-27-22(23)10-3-11-24(27)28(29,30)31/h2-14,16,32H,15H2,1H3. The van der Waals surface area contributed by atoms with Gasteiger partial charge in [-0.15, -0.1) is 5.10 Å². The number of rotatable bonds is 5. The van der Waals surface area contributed by atoms with Gasteiger partial charge in [0.2, 0.25) is 0 Å². The summed E-state index contributed by atoms with van der Waals surface area (Å²) in [4.78, 5) is 11.4.